The number of anilines is 1. The first kappa shape index (κ1) is 31.3. The third-order valence-corrected chi connectivity index (χ3v) is 5.35. The number of nitrogens with one attached hydrogen (secondary N) is 3. The maximum Gasteiger partial charge on any atom is 0.305 e. The van der Waals surface area contributed by atoms with Crippen LogP contribution in [0.1, 0.15) is 49.3 Å². The molecule has 189 valence electrons. The van der Waals surface area contributed by atoms with Crippen LogP contribution in [0, 0.1) is 17.0 Å². The number of benzene rings is 1. The number of pyridine rings is 1. The molecular formula is C23H28ClN5NaO6. The first-order valence-corrected chi connectivity index (χ1v) is 11.4. The monoisotopic (exact) mass is 528 g/mol. The zero-order chi connectivity index (χ0) is 25.8. The molecule has 1 atom stereocenters. The van der Waals surface area contributed by atoms with Crippen molar-refractivity contribution in [2.24, 2.45) is 0 Å². The van der Waals surface area contributed by atoms with Crippen molar-refractivity contribution >= 4 is 70.4 Å². The van der Waals surface area contributed by atoms with E-state index >= 15 is 0 Å². The van der Waals surface area contributed by atoms with Crippen LogP contribution < -0.4 is 16.0 Å². The average Bonchev–Trinajstić information content (AvgIpc) is 2.79. The van der Waals surface area contributed by atoms with E-state index in [1.165, 1.54) is 12.1 Å². The molecule has 36 heavy (non-hydrogen) atoms. The molecule has 1 aromatic heterocycles. The Hall–Kier alpha value is -2.73. The molecule has 0 saturated heterocycles. The van der Waals surface area contributed by atoms with Gasteiger partial charge in [-0.05, 0) is 49.1 Å². The fourth-order valence-corrected chi connectivity index (χ4v) is 3.45. The second kappa shape index (κ2) is 16.1. The van der Waals surface area contributed by atoms with Crippen LogP contribution in [0.3, 0.4) is 0 Å². The Morgan fingerprint density at radius 3 is 2.56 bits per heavy atom. The number of aryl methyl sites for hydroxylation is 1. The number of aromatic nitrogens is 1. The Bertz CT molecular complexity index is 1070. The number of carboxylic acids is 1. The Kier molecular flexibility index (Phi) is 14.0. The van der Waals surface area contributed by atoms with E-state index in [2.05, 4.69) is 20.9 Å². The Morgan fingerprint density at radius 1 is 1.14 bits per heavy atom. The first-order valence-electron chi connectivity index (χ1n) is 11.0. The van der Waals surface area contributed by atoms with Gasteiger partial charge in [0, 0.05) is 54.8 Å². The fraction of sp³-hybridized carbons (Fsp3) is 0.391. The van der Waals surface area contributed by atoms with Crippen molar-refractivity contribution in [1.82, 2.24) is 15.6 Å². The maximum atomic E-state index is 12.3. The van der Waals surface area contributed by atoms with E-state index in [1.807, 2.05) is 19.1 Å². The average molecular weight is 529 g/mol. The summed E-state index contributed by atoms with van der Waals surface area (Å²) < 4.78 is 0. The van der Waals surface area contributed by atoms with Gasteiger partial charge in [-0.1, -0.05) is 24.1 Å². The maximum absolute atomic E-state index is 12.3. The van der Waals surface area contributed by atoms with E-state index in [0.717, 1.165) is 36.8 Å². The molecule has 2 amide bonds. The number of amides is 2. The molecule has 0 fully saturated rings. The molecule has 2 aromatic rings. The zero-order valence-electron chi connectivity index (χ0n) is 20.3. The summed E-state index contributed by atoms with van der Waals surface area (Å²) in [6, 6.07) is 6.64. The zero-order valence-corrected chi connectivity index (χ0v) is 23.0. The molecular weight excluding hydrogens is 501 g/mol. The Balaban J connectivity index is 0.00000648. The summed E-state index contributed by atoms with van der Waals surface area (Å²) in [6.07, 6.45) is 3.80. The summed E-state index contributed by atoms with van der Waals surface area (Å²) in [5.41, 5.74) is 0.942. The smallest absolute Gasteiger partial charge is 0.305 e. The Labute approximate surface area is 235 Å². The van der Waals surface area contributed by atoms with E-state index in [1.54, 1.807) is 6.20 Å². The molecule has 0 aliphatic rings. The third kappa shape index (κ3) is 11.3. The first-order chi connectivity index (χ1) is 16.7. The van der Waals surface area contributed by atoms with Crippen molar-refractivity contribution in [1.29, 1.82) is 0 Å². The summed E-state index contributed by atoms with van der Waals surface area (Å²) in [6.45, 7) is 2.38. The molecule has 0 aliphatic heterocycles. The van der Waals surface area contributed by atoms with Gasteiger partial charge in [0.1, 0.15) is 10.8 Å². The van der Waals surface area contributed by atoms with Crippen LogP contribution in [-0.4, -0.2) is 75.4 Å². The van der Waals surface area contributed by atoms with Gasteiger partial charge in [0.05, 0.1) is 23.9 Å². The Morgan fingerprint density at radius 2 is 1.89 bits per heavy atom. The summed E-state index contributed by atoms with van der Waals surface area (Å²) >= 11 is 5.80. The van der Waals surface area contributed by atoms with Gasteiger partial charge in [-0.15, -0.1) is 0 Å². The van der Waals surface area contributed by atoms with Gasteiger partial charge in [-0.2, -0.15) is 0 Å². The molecule has 2 rings (SSSR count). The van der Waals surface area contributed by atoms with Crippen LogP contribution >= 0.6 is 11.6 Å². The van der Waals surface area contributed by atoms with Crippen molar-refractivity contribution < 1.29 is 24.4 Å². The second-order valence-electron chi connectivity index (χ2n) is 7.92. The molecule has 4 N–H and O–H groups in total. The third-order valence-electron chi connectivity index (χ3n) is 5.03. The second-order valence-corrected chi connectivity index (χ2v) is 8.33. The van der Waals surface area contributed by atoms with Gasteiger partial charge >= 0.3 is 5.97 Å². The number of nitro groups is 1. The summed E-state index contributed by atoms with van der Waals surface area (Å²) in [4.78, 5) is 50.2. The van der Waals surface area contributed by atoms with Crippen molar-refractivity contribution in [3.8, 4) is 0 Å². The van der Waals surface area contributed by atoms with Crippen molar-refractivity contribution in [3.05, 3.63) is 62.8 Å². The van der Waals surface area contributed by atoms with E-state index < -0.39 is 34.9 Å². The molecule has 1 unspecified atom stereocenters. The van der Waals surface area contributed by atoms with Gasteiger partial charge in [0.15, 0.2) is 0 Å². The van der Waals surface area contributed by atoms with Crippen molar-refractivity contribution in [3.63, 3.8) is 0 Å². The predicted octanol–water partition coefficient (Wildman–Crippen LogP) is 2.99. The minimum atomic E-state index is -1.20. The van der Waals surface area contributed by atoms with Gasteiger partial charge in [-0.3, -0.25) is 24.5 Å². The van der Waals surface area contributed by atoms with Crippen molar-refractivity contribution in [2.75, 3.05) is 18.4 Å². The van der Waals surface area contributed by atoms with E-state index in [-0.39, 0.29) is 59.0 Å². The van der Waals surface area contributed by atoms with E-state index in [9.17, 15) is 24.5 Å². The van der Waals surface area contributed by atoms with Crippen LogP contribution in [0.4, 0.5) is 11.5 Å². The number of unbranched alkanes of at least 4 members (excludes halogenated alkanes) is 2. The molecule has 0 saturated carbocycles. The molecule has 1 aromatic carbocycles. The number of carbonyl (C=O) groups is 3. The molecule has 0 bridgehead atoms. The number of hydrogen-bond acceptors (Lipinski definition) is 7. The minimum Gasteiger partial charge on any atom is -0.481 e. The number of rotatable bonds is 14. The summed E-state index contributed by atoms with van der Waals surface area (Å²) in [5.74, 6) is -1.31. The predicted molar refractivity (Wildman–Crippen MR) is 136 cm³/mol. The molecule has 0 aliphatic carbocycles. The number of hydrogen-bond donors (Lipinski definition) is 4. The largest absolute Gasteiger partial charge is 0.481 e. The quantitative estimate of drug-likeness (QED) is 0.126. The fourth-order valence-electron chi connectivity index (χ4n) is 3.26. The number of aliphatic carboxylic acids is 1. The van der Waals surface area contributed by atoms with Crippen LogP contribution in [0.25, 0.3) is 0 Å². The topological polar surface area (TPSA) is 164 Å². The van der Waals surface area contributed by atoms with Crippen LogP contribution in [0.5, 0.6) is 0 Å². The SMILES string of the molecule is Cc1ccnc(NCCCCCC(=O)NCC(=O)NC(CC(=O)O)c2ccc(Cl)c([N+](=O)[O-])c2)c1.[Na]. The molecule has 1 heterocycles. The number of halogens is 1. The number of nitrogens with zero attached hydrogens (tertiary/aromatic N) is 2. The van der Waals surface area contributed by atoms with Crippen molar-refractivity contribution in [2.45, 2.75) is 45.1 Å². The summed E-state index contributed by atoms with van der Waals surface area (Å²) in [7, 11) is 0. The minimum absolute atomic E-state index is 0. The standard InChI is InChI=1S/C23H28ClN5O6.Na/c1-15-8-10-26-20(11-15)25-9-4-2-3-5-21(30)27-14-22(31)28-18(13-23(32)33)16-6-7-17(24)19(12-16)29(34)35;/h6-8,10-12,18H,2-5,9,13-14H2,1H3,(H,25,26)(H,27,30)(H,28,31)(H,32,33);. The van der Waals surface area contributed by atoms with Gasteiger partial charge in [-0.25, -0.2) is 4.98 Å². The van der Waals surface area contributed by atoms with E-state index in [0.29, 0.717) is 6.42 Å². The molecule has 0 spiro atoms. The molecule has 13 heteroatoms. The van der Waals surface area contributed by atoms with Gasteiger partial charge in [0.2, 0.25) is 11.8 Å². The van der Waals surface area contributed by atoms with Crippen LogP contribution in [0.2, 0.25) is 5.02 Å². The molecule has 1 radical (unpaired) electrons. The normalized spacial score (nSPS) is 11.1. The summed E-state index contributed by atoms with van der Waals surface area (Å²) in [5, 5.41) is 28.4. The number of nitro benzene ring substituents is 1. The number of carbonyl (C=O) groups excluding carboxylic acids is 2. The molecule has 11 nitrogen and oxygen atoms in total. The van der Waals surface area contributed by atoms with E-state index in [4.69, 9.17) is 16.7 Å². The number of carboxylic acid groups (broad SMARTS) is 1. The van der Waals surface area contributed by atoms with Crippen LogP contribution in [-0.2, 0) is 14.4 Å². The van der Waals surface area contributed by atoms with Gasteiger partial charge in [0.25, 0.3) is 5.69 Å². The van der Waals surface area contributed by atoms with Crippen LogP contribution in [0.15, 0.2) is 36.5 Å². The van der Waals surface area contributed by atoms with Gasteiger partial charge < -0.3 is 21.1 Å².